The lowest BCUT2D eigenvalue weighted by Crippen LogP contribution is -2.14. The van der Waals surface area contributed by atoms with Crippen molar-refractivity contribution in [3.8, 4) is 11.5 Å². The van der Waals surface area contributed by atoms with Gasteiger partial charge in [-0.25, -0.2) is 4.98 Å². The molecule has 4 heterocycles. The first-order valence-electron chi connectivity index (χ1n) is 8.08. The smallest absolute Gasteiger partial charge is 0.256 e. The second-order valence-electron chi connectivity index (χ2n) is 6.09. The number of hydrogen-bond donors (Lipinski definition) is 1. The molecule has 0 aliphatic carbocycles. The van der Waals surface area contributed by atoms with Crippen LogP contribution >= 0.6 is 0 Å². The van der Waals surface area contributed by atoms with Gasteiger partial charge in [0.15, 0.2) is 17.2 Å². The average molecular weight is 351 g/mol. The van der Waals surface area contributed by atoms with E-state index in [0.717, 1.165) is 5.69 Å². The molecule has 0 unspecified atom stereocenters. The number of furan rings is 1. The van der Waals surface area contributed by atoms with Crippen LogP contribution in [0.5, 0.6) is 0 Å². The fourth-order valence-electron chi connectivity index (χ4n) is 3.02. The Morgan fingerprint density at radius 2 is 2.04 bits per heavy atom. The molecule has 1 N–H and O–H groups in total. The lowest BCUT2D eigenvalue weighted by atomic mass is 10.1. The minimum absolute atomic E-state index is 0.282. The van der Waals surface area contributed by atoms with E-state index in [1.807, 2.05) is 6.92 Å². The van der Waals surface area contributed by atoms with Crippen LogP contribution in [-0.4, -0.2) is 25.8 Å². The Labute approximate surface area is 148 Å². The number of amides is 1. The highest BCUT2D eigenvalue weighted by molar-refractivity contribution is 6.13. The predicted octanol–water partition coefficient (Wildman–Crippen LogP) is 3.39. The van der Waals surface area contributed by atoms with Gasteiger partial charge in [-0.05, 0) is 39.0 Å². The molecule has 26 heavy (non-hydrogen) atoms. The van der Waals surface area contributed by atoms with Gasteiger partial charge in [0, 0.05) is 7.05 Å². The van der Waals surface area contributed by atoms with E-state index < -0.39 is 0 Å². The number of rotatable bonds is 3. The zero-order chi connectivity index (χ0) is 18.4. The van der Waals surface area contributed by atoms with E-state index in [9.17, 15) is 4.79 Å². The minimum Gasteiger partial charge on any atom is -0.463 e. The summed E-state index contributed by atoms with van der Waals surface area (Å²) in [5, 5.41) is 11.9. The number of aromatic nitrogens is 4. The summed E-state index contributed by atoms with van der Waals surface area (Å²) in [7, 11) is 1.80. The van der Waals surface area contributed by atoms with Gasteiger partial charge in [0.05, 0.1) is 22.9 Å². The summed E-state index contributed by atoms with van der Waals surface area (Å²) in [5.74, 6) is 0.850. The summed E-state index contributed by atoms with van der Waals surface area (Å²) in [6, 6.07) is 5.29. The van der Waals surface area contributed by atoms with Gasteiger partial charge < -0.3 is 14.3 Å². The van der Waals surface area contributed by atoms with Gasteiger partial charge in [0.25, 0.3) is 5.91 Å². The molecule has 0 fully saturated rings. The normalized spacial score (nSPS) is 11.2. The van der Waals surface area contributed by atoms with E-state index in [0.29, 0.717) is 45.2 Å². The number of nitrogens with zero attached hydrogens (tertiary/aromatic N) is 4. The van der Waals surface area contributed by atoms with E-state index in [1.54, 1.807) is 50.0 Å². The largest absolute Gasteiger partial charge is 0.463 e. The van der Waals surface area contributed by atoms with Crippen molar-refractivity contribution in [1.29, 1.82) is 0 Å². The SMILES string of the molecule is Cc1noc(C)c1NC(=O)c1cc(-c2ccco2)nc2c1c(C)nn2C. The number of carbonyl (C=O) groups excluding carboxylic acids is 1. The van der Waals surface area contributed by atoms with Crippen molar-refractivity contribution in [3.05, 3.63) is 47.2 Å². The van der Waals surface area contributed by atoms with Crippen molar-refractivity contribution in [2.24, 2.45) is 7.05 Å². The molecule has 132 valence electrons. The third-order valence-electron chi connectivity index (χ3n) is 4.26. The maximum Gasteiger partial charge on any atom is 0.256 e. The Hall–Kier alpha value is -3.42. The molecule has 8 heteroatoms. The van der Waals surface area contributed by atoms with Crippen molar-refractivity contribution < 1.29 is 13.7 Å². The highest BCUT2D eigenvalue weighted by Gasteiger charge is 2.22. The van der Waals surface area contributed by atoms with E-state index in [1.165, 1.54) is 0 Å². The van der Waals surface area contributed by atoms with Crippen molar-refractivity contribution in [3.63, 3.8) is 0 Å². The molecule has 4 aromatic heterocycles. The second kappa shape index (κ2) is 5.83. The van der Waals surface area contributed by atoms with Crippen LogP contribution in [-0.2, 0) is 7.05 Å². The van der Waals surface area contributed by atoms with E-state index in [2.05, 4.69) is 20.6 Å². The van der Waals surface area contributed by atoms with Crippen LogP contribution in [0.15, 0.2) is 33.4 Å². The van der Waals surface area contributed by atoms with Crippen molar-refractivity contribution in [1.82, 2.24) is 19.9 Å². The quantitative estimate of drug-likeness (QED) is 0.607. The Kier molecular flexibility index (Phi) is 3.61. The molecule has 0 saturated heterocycles. The number of anilines is 1. The first-order chi connectivity index (χ1) is 12.5. The van der Waals surface area contributed by atoms with Crippen molar-refractivity contribution >= 4 is 22.6 Å². The van der Waals surface area contributed by atoms with Gasteiger partial charge in [0.1, 0.15) is 17.1 Å². The number of hydrogen-bond acceptors (Lipinski definition) is 6. The summed E-state index contributed by atoms with van der Waals surface area (Å²) >= 11 is 0. The number of fused-ring (bicyclic) bond motifs is 1. The fraction of sp³-hybridized carbons (Fsp3) is 0.222. The number of aryl methyl sites for hydroxylation is 4. The van der Waals surface area contributed by atoms with Crippen LogP contribution in [0.25, 0.3) is 22.5 Å². The number of carbonyl (C=O) groups is 1. The molecule has 0 atom stereocenters. The lowest BCUT2D eigenvalue weighted by molar-refractivity contribution is 0.102. The maximum atomic E-state index is 13.0. The van der Waals surface area contributed by atoms with Crippen LogP contribution in [0.2, 0.25) is 0 Å². The Bertz CT molecular complexity index is 1100. The maximum absolute atomic E-state index is 13.0. The van der Waals surface area contributed by atoms with Crippen LogP contribution in [0.1, 0.15) is 27.5 Å². The summed E-state index contributed by atoms with van der Waals surface area (Å²) in [4.78, 5) is 17.6. The summed E-state index contributed by atoms with van der Waals surface area (Å²) < 4.78 is 12.2. The molecule has 8 nitrogen and oxygen atoms in total. The van der Waals surface area contributed by atoms with E-state index >= 15 is 0 Å². The fourth-order valence-corrected chi connectivity index (χ4v) is 3.02. The van der Waals surface area contributed by atoms with Gasteiger partial charge in [-0.1, -0.05) is 5.16 Å². The van der Waals surface area contributed by atoms with E-state index in [-0.39, 0.29) is 5.91 Å². The van der Waals surface area contributed by atoms with Gasteiger partial charge in [0.2, 0.25) is 0 Å². The van der Waals surface area contributed by atoms with Crippen molar-refractivity contribution in [2.45, 2.75) is 20.8 Å². The van der Waals surface area contributed by atoms with Crippen LogP contribution < -0.4 is 5.32 Å². The Balaban J connectivity index is 1.88. The Morgan fingerprint density at radius 3 is 2.69 bits per heavy atom. The molecule has 0 spiro atoms. The molecular formula is C18H17N5O3. The first kappa shape index (κ1) is 16.1. The molecule has 0 aliphatic rings. The summed E-state index contributed by atoms with van der Waals surface area (Å²) in [6.45, 7) is 5.38. The summed E-state index contributed by atoms with van der Waals surface area (Å²) in [5.41, 5.74) is 3.56. The highest BCUT2D eigenvalue weighted by atomic mass is 16.5. The average Bonchev–Trinajstić information content (AvgIpc) is 3.32. The zero-order valence-electron chi connectivity index (χ0n) is 14.8. The minimum atomic E-state index is -0.282. The molecule has 0 aliphatic heterocycles. The third-order valence-corrected chi connectivity index (χ3v) is 4.26. The topological polar surface area (TPSA) is 99.0 Å². The molecule has 4 aromatic rings. The predicted molar refractivity (Wildman–Crippen MR) is 94.9 cm³/mol. The Morgan fingerprint density at radius 1 is 1.23 bits per heavy atom. The standard InChI is InChI=1S/C18H17N5O3/c1-9-15-12(18(24)20-16-10(2)22-26-11(16)3)8-13(14-6-5-7-25-14)19-17(15)23(4)21-9/h5-8H,1-4H3,(H,20,24). The van der Waals surface area contributed by atoms with Gasteiger partial charge in [-0.2, -0.15) is 5.10 Å². The second-order valence-corrected chi connectivity index (χ2v) is 6.09. The molecule has 4 rings (SSSR count). The zero-order valence-corrected chi connectivity index (χ0v) is 14.8. The molecular weight excluding hydrogens is 334 g/mol. The van der Waals surface area contributed by atoms with Crippen LogP contribution in [0, 0.1) is 20.8 Å². The third kappa shape index (κ3) is 2.46. The van der Waals surface area contributed by atoms with Crippen LogP contribution in [0.3, 0.4) is 0 Å². The van der Waals surface area contributed by atoms with Gasteiger partial charge in [-0.3, -0.25) is 9.48 Å². The lowest BCUT2D eigenvalue weighted by Gasteiger charge is -2.08. The highest BCUT2D eigenvalue weighted by Crippen LogP contribution is 2.28. The first-order valence-corrected chi connectivity index (χ1v) is 8.08. The van der Waals surface area contributed by atoms with E-state index in [4.69, 9.17) is 8.94 Å². The molecule has 1 amide bonds. The summed E-state index contributed by atoms with van der Waals surface area (Å²) in [6.07, 6.45) is 1.57. The molecule has 0 aromatic carbocycles. The van der Waals surface area contributed by atoms with Crippen LogP contribution in [0.4, 0.5) is 5.69 Å². The number of pyridine rings is 1. The molecule has 0 saturated carbocycles. The van der Waals surface area contributed by atoms with Gasteiger partial charge >= 0.3 is 0 Å². The monoisotopic (exact) mass is 351 g/mol. The number of nitrogens with one attached hydrogen (secondary N) is 1. The van der Waals surface area contributed by atoms with Crippen molar-refractivity contribution in [2.75, 3.05) is 5.32 Å². The van der Waals surface area contributed by atoms with Gasteiger partial charge in [-0.15, -0.1) is 0 Å². The molecule has 0 radical (unpaired) electrons. The molecule has 0 bridgehead atoms.